The molecular formula is C19H22FN5O2. The summed E-state index contributed by atoms with van der Waals surface area (Å²) < 4.78 is 19.7. The molecule has 142 valence electrons. The van der Waals surface area contributed by atoms with Gasteiger partial charge >= 0.3 is 0 Å². The first-order valence-electron chi connectivity index (χ1n) is 8.98. The number of hydrogen-bond donors (Lipinski definition) is 2. The van der Waals surface area contributed by atoms with Crippen molar-refractivity contribution in [3.63, 3.8) is 0 Å². The van der Waals surface area contributed by atoms with Gasteiger partial charge in [-0.2, -0.15) is 0 Å². The number of hydrogen-bond acceptors (Lipinski definition) is 6. The highest BCUT2D eigenvalue weighted by atomic mass is 19.1. The van der Waals surface area contributed by atoms with E-state index in [4.69, 9.17) is 10.5 Å². The number of fused-ring (bicyclic) bond motifs is 1. The highest BCUT2D eigenvalue weighted by Gasteiger charge is 2.27. The van der Waals surface area contributed by atoms with E-state index in [0.717, 1.165) is 37.6 Å². The molecule has 0 saturated carbocycles. The van der Waals surface area contributed by atoms with E-state index in [-0.39, 0.29) is 11.7 Å². The maximum Gasteiger partial charge on any atom is 0.265 e. The molecule has 1 amide bonds. The zero-order chi connectivity index (χ0) is 19.0. The van der Waals surface area contributed by atoms with Gasteiger partial charge in [0.15, 0.2) is 17.7 Å². The minimum absolute atomic E-state index is 0.116. The molecule has 8 heteroatoms. The summed E-state index contributed by atoms with van der Waals surface area (Å²) in [6.07, 6.45) is 0.974. The van der Waals surface area contributed by atoms with Crippen LogP contribution < -0.4 is 20.7 Å². The molecule has 3 N–H and O–H groups in total. The van der Waals surface area contributed by atoms with Gasteiger partial charge in [-0.15, -0.1) is 0 Å². The Hall–Kier alpha value is -2.87. The average Bonchev–Trinajstić information content (AvgIpc) is 2.65. The molecule has 2 aliphatic rings. The van der Waals surface area contributed by atoms with Crippen LogP contribution in [-0.4, -0.2) is 48.1 Å². The zero-order valence-corrected chi connectivity index (χ0v) is 15.1. The zero-order valence-electron chi connectivity index (χ0n) is 15.1. The number of nitrogens with one attached hydrogen (secondary N) is 1. The number of amides is 1. The van der Waals surface area contributed by atoms with Crippen LogP contribution in [0.15, 0.2) is 30.5 Å². The first kappa shape index (κ1) is 17.5. The molecule has 27 heavy (non-hydrogen) atoms. The van der Waals surface area contributed by atoms with Gasteiger partial charge in [-0.25, -0.2) is 9.37 Å². The Bertz CT molecular complexity index is 850. The number of benzene rings is 1. The standard InChI is InChI=1S/C19H22FN5O2/c1-12-19(26)23-16-9-13(8-15(20)18(16)27-12)11-24-4-6-25(7-5-24)17-3-2-14(21)10-22-17/h2-3,8-10,12H,4-7,11,21H2,1H3,(H,23,26). The highest BCUT2D eigenvalue weighted by molar-refractivity contribution is 5.97. The molecule has 0 bridgehead atoms. The number of carbonyl (C=O) groups is 1. The van der Waals surface area contributed by atoms with Crippen molar-refractivity contribution in [2.45, 2.75) is 19.6 Å². The van der Waals surface area contributed by atoms with E-state index in [9.17, 15) is 9.18 Å². The molecular weight excluding hydrogens is 349 g/mol. The van der Waals surface area contributed by atoms with Gasteiger partial charge in [0.1, 0.15) is 5.82 Å². The summed E-state index contributed by atoms with van der Waals surface area (Å²) >= 11 is 0. The molecule has 2 aromatic rings. The number of aromatic nitrogens is 1. The van der Waals surface area contributed by atoms with Crippen LogP contribution in [0.2, 0.25) is 0 Å². The molecule has 1 aromatic heterocycles. The number of anilines is 3. The van der Waals surface area contributed by atoms with Crippen LogP contribution in [0.1, 0.15) is 12.5 Å². The predicted octanol–water partition coefficient (Wildman–Crippen LogP) is 1.84. The van der Waals surface area contributed by atoms with Crippen LogP contribution in [0.4, 0.5) is 21.6 Å². The lowest BCUT2D eigenvalue weighted by Crippen LogP contribution is -2.46. The number of rotatable bonds is 3. The van der Waals surface area contributed by atoms with Crippen LogP contribution in [0.3, 0.4) is 0 Å². The van der Waals surface area contributed by atoms with Crippen LogP contribution in [0, 0.1) is 5.82 Å². The van der Waals surface area contributed by atoms with E-state index in [2.05, 4.69) is 20.1 Å². The van der Waals surface area contributed by atoms with Gasteiger partial charge in [0.2, 0.25) is 0 Å². The molecule has 1 saturated heterocycles. The Balaban J connectivity index is 1.41. The lowest BCUT2D eigenvalue weighted by molar-refractivity contribution is -0.122. The second kappa shape index (κ2) is 7.03. The topological polar surface area (TPSA) is 83.7 Å². The lowest BCUT2D eigenvalue weighted by Gasteiger charge is -2.35. The van der Waals surface area contributed by atoms with E-state index in [1.54, 1.807) is 19.2 Å². The van der Waals surface area contributed by atoms with Crippen molar-refractivity contribution in [1.29, 1.82) is 0 Å². The molecule has 1 aromatic carbocycles. The minimum Gasteiger partial charge on any atom is -0.476 e. The number of ether oxygens (including phenoxy) is 1. The van der Waals surface area contributed by atoms with Crippen molar-refractivity contribution in [3.8, 4) is 5.75 Å². The Kier molecular flexibility index (Phi) is 4.57. The van der Waals surface area contributed by atoms with Crippen molar-refractivity contribution < 1.29 is 13.9 Å². The molecule has 2 aliphatic heterocycles. The van der Waals surface area contributed by atoms with Gasteiger partial charge in [0.05, 0.1) is 17.6 Å². The summed E-state index contributed by atoms with van der Waals surface area (Å²) in [5.41, 5.74) is 7.55. The van der Waals surface area contributed by atoms with Crippen molar-refractivity contribution >= 4 is 23.1 Å². The summed E-state index contributed by atoms with van der Waals surface area (Å²) in [7, 11) is 0. The van der Waals surface area contributed by atoms with E-state index in [1.165, 1.54) is 6.07 Å². The highest BCUT2D eigenvalue weighted by Crippen LogP contribution is 2.34. The largest absolute Gasteiger partial charge is 0.476 e. The van der Waals surface area contributed by atoms with Crippen LogP contribution in [0.25, 0.3) is 0 Å². The number of nitrogens with zero attached hydrogens (tertiary/aromatic N) is 3. The Morgan fingerprint density at radius 1 is 1.30 bits per heavy atom. The summed E-state index contributed by atoms with van der Waals surface area (Å²) in [5, 5.41) is 2.71. The maximum atomic E-state index is 14.4. The number of halogens is 1. The predicted molar refractivity (Wildman–Crippen MR) is 101 cm³/mol. The third-order valence-electron chi connectivity index (χ3n) is 4.90. The summed E-state index contributed by atoms with van der Waals surface area (Å²) in [5.74, 6) is 0.325. The van der Waals surface area contributed by atoms with E-state index in [0.29, 0.717) is 17.9 Å². The van der Waals surface area contributed by atoms with Crippen molar-refractivity contribution in [1.82, 2.24) is 9.88 Å². The monoisotopic (exact) mass is 371 g/mol. The summed E-state index contributed by atoms with van der Waals surface area (Å²) in [4.78, 5) is 20.6. The molecule has 0 aliphatic carbocycles. The number of nitrogens with two attached hydrogens (primary N) is 1. The van der Waals surface area contributed by atoms with Crippen molar-refractivity contribution in [3.05, 3.63) is 41.8 Å². The number of piperazine rings is 1. The van der Waals surface area contributed by atoms with Gasteiger partial charge in [0, 0.05) is 32.7 Å². The smallest absolute Gasteiger partial charge is 0.265 e. The quantitative estimate of drug-likeness (QED) is 0.857. The van der Waals surface area contributed by atoms with Crippen molar-refractivity contribution in [2.75, 3.05) is 42.1 Å². The molecule has 0 radical (unpaired) electrons. The van der Waals surface area contributed by atoms with E-state index >= 15 is 0 Å². The van der Waals surface area contributed by atoms with E-state index < -0.39 is 11.9 Å². The first-order chi connectivity index (χ1) is 13.0. The Labute approximate surface area is 156 Å². The SMILES string of the molecule is CC1Oc2c(F)cc(CN3CCN(c4ccc(N)cn4)CC3)cc2NC1=O. The van der Waals surface area contributed by atoms with Crippen LogP contribution >= 0.6 is 0 Å². The molecule has 4 rings (SSSR count). The molecule has 1 fully saturated rings. The molecule has 3 heterocycles. The molecule has 1 unspecified atom stereocenters. The van der Waals surface area contributed by atoms with Gasteiger partial charge in [-0.05, 0) is 36.8 Å². The van der Waals surface area contributed by atoms with Crippen molar-refractivity contribution in [2.24, 2.45) is 0 Å². The summed E-state index contributed by atoms with van der Waals surface area (Å²) in [6, 6.07) is 7.04. The number of pyridine rings is 1. The second-order valence-electron chi connectivity index (χ2n) is 6.92. The molecule has 7 nitrogen and oxygen atoms in total. The fourth-order valence-corrected chi connectivity index (χ4v) is 3.40. The number of nitrogen functional groups attached to an aromatic ring is 1. The summed E-state index contributed by atoms with van der Waals surface area (Å²) in [6.45, 7) is 5.55. The lowest BCUT2D eigenvalue weighted by atomic mass is 10.1. The van der Waals surface area contributed by atoms with Gasteiger partial charge in [0.25, 0.3) is 5.91 Å². The third kappa shape index (κ3) is 3.66. The fraction of sp³-hybridized carbons (Fsp3) is 0.368. The average molecular weight is 371 g/mol. The minimum atomic E-state index is -0.687. The van der Waals surface area contributed by atoms with Crippen LogP contribution in [0.5, 0.6) is 5.75 Å². The molecule has 0 spiro atoms. The fourth-order valence-electron chi connectivity index (χ4n) is 3.40. The second-order valence-corrected chi connectivity index (χ2v) is 6.92. The normalized spacial score (nSPS) is 20.0. The van der Waals surface area contributed by atoms with Gasteiger partial charge in [-0.3, -0.25) is 9.69 Å². The maximum absolute atomic E-state index is 14.4. The Morgan fingerprint density at radius 2 is 2.07 bits per heavy atom. The third-order valence-corrected chi connectivity index (χ3v) is 4.90. The number of carbonyl (C=O) groups excluding carboxylic acids is 1. The van der Waals surface area contributed by atoms with Gasteiger partial charge in [-0.1, -0.05) is 0 Å². The van der Waals surface area contributed by atoms with Crippen LogP contribution in [-0.2, 0) is 11.3 Å². The van der Waals surface area contributed by atoms with E-state index in [1.807, 2.05) is 12.1 Å². The van der Waals surface area contributed by atoms with Gasteiger partial charge < -0.3 is 20.7 Å². The first-order valence-corrected chi connectivity index (χ1v) is 8.98. The molecule has 1 atom stereocenters. The Morgan fingerprint density at radius 3 is 2.78 bits per heavy atom.